The van der Waals surface area contributed by atoms with Crippen molar-refractivity contribution in [2.45, 2.75) is 90.1 Å². The van der Waals surface area contributed by atoms with Gasteiger partial charge >= 0.3 is 23.9 Å². The number of esters is 4. The third-order valence-electron chi connectivity index (χ3n) is 5.47. The molecule has 0 bridgehead atoms. The second-order valence-corrected chi connectivity index (χ2v) is 8.16. The van der Waals surface area contributed by atoms with Crippen LogP contribution in [0.5, 0.6) is 0 Å². The molecule has 0 radical (unpaired) electrons. The minimum Gasteiger partial charge on any atom is -0.463 e. The lowest BCUT2D eigenvalue weighted by Crippen LogP contribution is -2.61. The van der Waals surface area contributed by atoms with E-state index < -0.39 is 54.5 Å². The third-order valence-corrected chi connectivity index (χ3v) is 5.47. The third kappa shape index (κ3) is 8.39. The number of rotatable bonds is 8. The van der Waals surface area contributed by atoms with E-state index in [0.29, 0.717) is 0 Å². The molecule has 5 atom stereocenters. The Morgan fingerprint density at radius 1 is 0.848 bits per heavy atom. The molecule has 0 N–H and O–H groups in total. The van der Waals surface area contributed by atoms with Crippen molar-refractivity contribution in [2.24, 2.45) is 10.9 Å². The Balaban J connectivity index is 2.34. The fourth-order valence-corrected chi connectivity index (χ4v) is 4.00. The first-order chi connectivity index (χ1) is 15.6. The van der Waals surface area contributed by atoms with Crippen LogP contribution in [0.1, 0.15) is 53.4 Å². The molecule has 1 saturated heterocycles. The van der Waals surface area contributed by atoms with E-state index in [-0.39, 0.29) is 18.6 Å². The van der Waals surface area contributed by atoms with Gasteiger partial charge in [0, 0.05) is 41.0 Å². The molecule has 2 fully saturated rings. The first-order valence-electron chi connectivity index (χ1n) is 11.0. The maximum Gasteiger partial charge on any atom is 0.305 e. The molecule has 1 unspecified atom stereocenters. The fraction of sp³-hybridized carbons (Fsp3) is 0.773. The molecule has 11 heteroatoms. The highest BCUT2D eigenvalue weighted by atomic mass is 16.7. The number of ether oxygens (including phenoxy) is 6. The van der Waals surface area contributed by atoms with Crippen LogP contribution in [0.2, 0.25) is 0 Å². The second kappa shape index (κ2) is 12.6. The zero-order valence-electron chi connectivity index (χ0n) is 19.7. The Morgan fingerprint density at radius 2 is 1.42 bits per heavy atom. The van der Waals surface area contributed by atoms with E-state index in [9.17, 15) is 19.2 Å². The van der Waals surface area contributed by atoms with E-state index >= 15 is 0 Å². The largest absolute Gasteiger partial charge is 0.463 e. The predicted molar refractivity (Wildman–Crippen MR) is 113 cm³/mol. The van der Waals surface area contributed by atoms with Crippen molar-refractivity contribution in [1.29, 1.82) is 0 Å². The van der Waals surface area contributed by atoms with Crippen LogP contribution in [0.15, 0.2) is 4.99 Å². The highest BCUT2D eigenvalue weighted by Gasteiger charge is 2.51. The van der Waals surface area contributed by atoms with Gasteiger partial charge in [-0.05, 0) is 31.6 Å². The Kier molecular flexibility index (Phi) is 10.2. The van der Waals surface area contributed by atoms with E-state index in [4.69, 9.17) is 28.4 Å². The number of hydrogen-bond donors (Lipinski definition) is 0. The zero-order chi connectivity index (χ0) is 24.5. The standard InChI is InChI=1S/C22H33NO10/c1-12(24)29-11-18-20(30-13(2)25)21(31-14(3)26)19(22(33-18)32-15(4)27)23-10-16-6-8-17(28-5)9-7-16/h10,16-22H,6-9,11H2,1-5H3/t16?,17?,18?,19-,20-,21-,22-/m1/s1. The first kappa shape index (κ1) is 26.7. The maximum atomic E-state index is 11.9. The summed E-state index contributed by atoms with van der Waals surface area (Å²) in [6.07, 6.45) is 0.880. The summed E-state index contributed by atoms with van der Waals surface area (Å²) < 4.78 is 32.4. The van der Waals surface area contributed by atoms with E-state index in [1.165, 1.54) is 27.7 Å². The summed E-state index contributed by atoms with van der Waals surface area (Å²) in [5, 5.41) is 0. The number of aliphatic imine (C=N–C) groups is 1. The van der Waals surface area contributed by atoms with Crippen molar-refractivity contribution in [1.82, 2.24) is 0 Å². The normalized spacial score (nSPS) is 32.1. The first-order valence-corrected chi connectivity index (χ1v) is 11.0. The molecular formula is C22H33NO10. The Labute approximate surface area is 193 Å². The number of nitrogens with zero attached hydrogens (tertiary/aromatic N) is 1. The SMILES string of the molecule is COC1CCC(C=N[C@H]2[C@H](OC(C)=O)OC(COC(C)=O)[C@@H](OC(C)=O)[C@@H]2OC(C)=O)CC1. The maximum absolute atomic E-state index is 11.9. The molecule has 0 amide bonds. The van der Waals surface area contributed by atoms with Gasteiger partial charge in [0.05, 0.1) is 6.10 Å². The summed E-state index contributed by atoms with van der Waals surface area (Å²) in [6, 6.07) is -0.990. The van der Waals surface area contributed by atoms with Crippen LogP contribution >= 0.6 is 0 Å². The quantitative estimate of drug-likeness (QED) is 0.290. The molecule has 33 heavy (non-hydrogen) atoms. The molecule has 0 aromatic carbocycles. The molecule has 1 aliphatic heterocycles. The second-order valence-electron chi connectivity index (χ2n) is 8.16. The summed E-state index contributed by atoms with van der Waals surface area (Å²) >= 11 is 0. The molecule has 11 nitrogen and oxygen atoms in total. The van der Waals surface area contributed by atoms with E-state index in [0.717, 1.165) is 25.7 Å². The summed E-state index contributed by atoms with van der Waals surface area (Å²) in [6.45, 7) is 4.51. The van der Waals surface area contributed by atoms with Crippen molar-refractivity contribution in [3.05, 3.63) is 0 Å². The van der Waals surface area contributed by atoms with Crippen LogP contribution in [-0.4, -0.2) is 80.6 Å². The molecule has 0 aromatic rings. The average molecular weight is 472 g/mol. The number of carbonyl (C=O) groups excluding carboxylic acids is 4. The fourth-order valence-electron chi connectivity index (χ4n) is 4.00. The summed E-state index contributed by atoms with van der Waals surface area (Å²) in [7, 11) is 1.69. The molecule has 186 valence electrons. The minimum absolute atomic E-state index is 0.151. The van der Waals surface area contributed by atoms with E-state index in [1.807, 2.05) is 0 Å². The van der Waals surface area contributed by atoms with Gasteiger partial charge in [0.15, 0.2) is 18.2 Å². The van der Waals surface area contributed by atoms with Gasteiger partial charge in [-0.2, -0.15) is 0 Å². The van der Waals surface area contributed by atoms with Gasteiger partial charge in [-0.1, -0.05) is 0 Å². The molecule has 0 spiro atoms. The van der Waals surface area contributed by atoms with Crippen LogP contribution in [0.3, 0.4) is 0 Å². The van der Waals surface area contributed by atoms with E-state index in [1.54, 1.807) is 13.3 Å². The highest BCUT2D eigenvalue weighted by molar-refractivity contribution is 5.68. The number of hydrogen-bond acceptors (Lipinski definition) is 11. The lowest BCUT2D eigenvalue weighted by atomic mass is 9.88. The van der Waals surface area contributed by atoms with Gasteiger partial charge in [-0.15, -0.1) is 0 Å². The van der Waals surface area contributed by atoms with Gasteiger partial charge in [0.2, 0.25) is 6.29 Å². The van der Waals surface area contributed by atoms with Crippen LogP contribution in [0.25, 0.3) is 0 Å². The van der Waals surface area contributed by atoms with Crippen molar-refractivity contribution in [2.75, 3.05) is 13.7 Å². The van der Waals surface area contributed by atoms with Gasteiger partial charge in [-0.3, -0.25) is 24.2 Å². The molecule has 2 rings (SSSR count). The number of methoxy groups -OCH3 is 1. The van der Waals surface area contributed by atoms with Gasteiger partial charge in [0.1, 0.15) is 12.7 Å². The van der Waals surface area contributed by atoms with Crippen molar-refractivity contribution in [3.63, 3.8) is 0 Å². The highest BCUT2D eigenvalue weighted by Crippen LogP contribution is 2.31. The lowest BCUT2D eigenvalue weighted by Gasteiger charge is -2.43. The zero-order valence-corrected chi connectivity index (χ0v) is 19.7. The van der Waals surface area contributed by atoms with Gasteiger partial charge in [-0.25, -0.2) is 0 Å². The Bertz CT molecular complexity index is 731. The van der Waals surface area contributed by atoms with Crippen LogP contribution in [0, 0.1) is 5.92 Å². The summed E-state index contributed by atoms with van der Waals surface area (Å²) in [5.41, 5.74) is 0. The van der Waals surface area contributed by atoms with Crippen LogP contribution in [0.4, 0.5) is 0 Å². The van der Waals surface area contributed by atoms with Gasteiger partial charge < -0.3 is 28.4 Å². The Hall–Kier alpha value is -2.53. The van der Waals surface area contributed by atoms with Crippen molar-refractivity contribution in [3.8, 4) is 0 Å². The van der Waals surface area contributed by atoms with E-state index in [2.05, 4.69) is 4.99 Å². The lowest BCUT2D eigenvalue weighted by molar-refractivity contribution is -0.266. The van der Waals surface area contributed by atoms with Crippen molar-refractivity contribution < 1.29 is 47.6 Å². The molecule has 2 aliphatic rings. The monoisotopic (exact) mass is 471 g/mol. The van der Waals surface area contributed by atoms with Gasteiger partial charge in [0.25, 0.3) is 0 Å². The molecule has 1 heterocycles. The van der Waals surface area contributed by atoms with Crippen LogP contribution in [-0.2, 0) is 47.6 Å². The predicted octanol–water partition coefficient (Wildman–Crippen LogP) is 1.35. The smallest absolute Gasteiger partial charge is 0.305 e. The molecule has 1 aliphatic carbocycles. The van der Waals surface area contributed by atoms with Crippen LogP contribution < -0.4 is 0 Å². The average Bonchev–Trinajstić information content (AvgIpc) is 2.73. The number of carbonyl (C=O) groups is 4. The summed E-state index contributed by atoms with van der Waals surface area (Å²) in [5.74, 6) is -2.37. The molecular weight excluding hydrogens is 438 g/mol. The summed E-state index contributed by atoms with van der Waals surface area (Å²) in [4.78, 5) is 51.3. The topological polar surface area (TPSA) is 136 Å². The Morgan fingerprint density at radius 3 is 1.94 bits per heavy atom. The molecule has 0 aromatic heterocycles. The molecule has 1 saturated carbocycles. The van der Waals surface area contributed by atoms with Crippen molar-refractivity contribution >= 4 is 30.1 Å². The minimum atomic E-state index is -1.24.